The van der Waals surface area contributed by atoms with Crippen LogP contribution in [0.5, 0.6) is 0 Å². The second-order valence-electron chi connectivity index (χ2n) is 6.02. The van der Waals surface area contributed by atoms with Crippen LogP contribution in [0, 0.1) is 25.5 Å². The number of rotatable bonds is 6. The summed E-state index contributed by atoms with van der Waals surface area (Å²) >= 11 is 0. The van der Waals surface area contributed by atoms with Crippen LogP contribution in [0.4, 0.5) is 8.78 Å². The monoisotopic (exact) mass is 346 g/mol. The maximum atomic E-state index is 13.6. The number of aryl methyl sites for hydroxylation is 2. The van der Waals surface area contributed by atoms with Crippen LogP contribution in [0.1, 0.15) is 22.3 Å². The molecule has 6 heteroatoms. The molecule has 0 unspecified atom stereocenters. The third-order valence-corrected chi connectivity index (χ3v) is 4.09. The van der Waals surface area contributed by atoms with Crippen molar-refractivity contribution in [3.05, 3.63) is 70.3 Å². The summed E-state index contributed by atoms with van der Waals surface area (Å²) in [6.45, 7) is 3.91. The van der Waals surface area contributed by atoms with Crippen LogP contribution >= 0.6 is 0 Å². The zero-order valence-electron chi connectivity index (χ0n) is 14.1. The van der Waals surface area contributed by atoms with Crippen molar-refractivity contribution in [2.24, 2.45) is 5.73 Å². The lowest BCUT2D eigenvalue weighted by Gasteiger charge is -2.16. The van der Waals surface area contributed by atoms with Gasteiger partial charge in [-0.1, -0.05) is 24.3 Å². The SMILES string of the molecule is Cc1ccc(C[C@@H](NC(=O)Cc2c(F)cccc2F)C(N)=O)cc1C. The quantitative estimate of drug-likeness (QED) is 0.843. The highest BCUT2D eigenvalue weighted by molar-refractivity contribution is 5.87. The van der Waals surface area contributed by atoms with Crippen LogP contribution in [0.25, 0.3) is 0 Å². The van der Waals surface area contributed by atoms with Gasteiger partial charge in [-0.2, -0.15) is 0 Å². The molecule has 3 N–H and O–H groups in total. The molecule has 0 bridgehead atoms. The van der Waals surface area contributed by atoms with Crippen molar-refractivity contribution in [1.29, 1.82) is 0 Å². The van der Waals surface area contributed by atoms with E-state index in [1.807, 2.05) is 32.0 Å². The summed E-state index contributed by atoms with van der Waals surface area (Å²) in [6.07, 6.45) is -0.294. The van der Waals surface area contributed by atoms with Crippen molar-refractivity contribution in [1.82, 2.24) is 5.32 Å². The number of halogens is 2. The van der Waals surface area contributed by atoms with E-state index in [1.54, 1.807) is 0 Å². The lowest BCUT2D eigenvalue weighted by Crippen LogP contribution is -2.46. The van der Waals surface area contributed by atoms with E-state index in [1.165, 1.54) is 6.07 Å². The molecule has 0 radical (unpaired) electrons. The number of hydrogen-bond acceptors (Lipinski definition) is 2. The van der Waals surface area contributed by atoms with E-state index < -0.39 is 35.9 Å². The van der Waals surface area contributed by atoms with Gasteiger partial charge in [0.15, 0.2) is 0 Å². The Kier molecular flexibility index (Phi) is 5.85. The number of hydrogen-bond donors (Lipinski definition) is 2. The Morgan fingerprint density at radius 1 is 1.08 bits per heavy atom. The van der Waals surface area contributed by atoms with E-state index in [9.17, 15) is 18.4 Å². The van der Waals surface area contributed by atoms with E-state index >= 15 is 0 Å². The average Bonchev–Trinajstić information content (AvgIpc) is 2.54. The number of nitrogens with one attached hydrogen (secondary N) is 1. The molecule has 0 heterocycles. The smallest absolute Gasteiger partial charge is 0.240 e. The first kappa shape index (κ1) is 18.6. The van der Waals surface area contributed by atoms with Gasteiger partial charge in [0.25, 0.3) is 0 Å². The predicted molar refractivity (Wildman–Crippen MR) is 90.8 cm³/mol. The number of nitrogens with two attached hydrogens (primary N) is 1. The van der Waals surface area contributed by atoms with Crippen molar-refractivity contribution in [2.75, 3.05) is 0 Å². The Hall–Kier alpha value is -2.76. The topological polar surface area (TPSA) is 72.2 Å². The Morgan fingerprint density at radius 2 is 1.72 bits per heavy atom. The molecule has 0 aromatic heterocycles. The molecular weight excluding hydrogens is 326 g/mol. The Morgan fingerprint density at radius 3 is 2.28 bits per heavy atom. The maximum absolute atomic E-state index is 13.6. The van der Waals surface area contributed by atoms with Crippen molar-refractivity contribution in [3.63, 3.8) is 0 Å². The van der Waals surface area contributed by atoms with E-state index in [4.69, 9.17) is 5.73 Å². The van der Waals surface area contributed by atoms with Crippen LogP contribution in [-0.4, -0.2) is 17.9 Å². The third kappa shape index (κ3) is 4.86. The number of amides is 2. The molecule has 1 atom stereocenters. The Balaban J connectivity index is 2.09. The molecule has 0 fully saturated rings. The molecular formula is C19H20F2N2O2. The van der Waals surface area contributed by atoms with Crippen molar-refractivity contribution in [3.8, 4) is 0 Å². The number of carbonyl (C=O) groups is 2. The lowest BCUT2D eigenvalue weighted by molar-refractivity contribution is -0.127. The predicted octanol–water partition coefficient (Wildman–Crippen LogP) is 2.34. The third-order valence-electron chi connectivity index (χ3n) is 4.09. The van der Waals surface area contributed by atoms with E-state index in [0.29, 0.717) is 0 Å². The van der Waals surface area contributed by atoms with Gasteiger partial charge in [0, 0.05) is 12.0 Å². The summed E-state index contributed by atoms with van der Waals surface area (Å²) in [5.74, 6) is -2.99. The number of primary amides is 1. The first-order valence-electron chi connectivity index (χ1n) is 7.85. The molecule has 0 aliphatic heterocycles. The second-order valence-corrected chi connectivity index (χ2v) is 6.02. The van der Waals surface area contributed by atoms with Gasteiger partial charge in [0.1, 0.15) is 17.7 Å². The van der Waals surface area contributed by atoms with Crippen LogP contribution in [0.15, 0.2) is 36.4 Å². The van der Waals surface area contributed by atoms with Gasteiger partial charge in [0.2, 0.25) is 11.8 Å². The Labute approximate surface area is 145 Å². The fourth-order valence-corrected chi connectivity index (χ4v) is 2.50. The highest BCUT2D eigenvalue weighted by Gasteiger charge is 2.21. The second kappa shape index (κ2) is 7.88. The molecule has 2 rings (SSSR count). The number of carbonyl (C=O) groups excluding carboxylic acids is 2. The first-order valence-corrected chi connectivity index (χ1v) is 7.85. The minimum Gasteiger partial charge on any atom is -0.368 e. The molecule has 4 nitrogen and oxygen atoms in total. The lowest BCUT2D eigenvalue weighted by atomic mass is 10.0. The summed E-state index contributed by atoms with van der Waals surface area (Å²) in [5, 5.41) is 2.46. The summed E-state index contributed by atoms with van der Waals surface area (Å²) in [6, 6.07) is 8.09. The zero-order valence-corrected chi connectivity index (χ0v) is 14.1. The molecule has 25 heavy (non-hydrogen) atoms. The summed E-state index contributed by atoms with van der Waals surface area (Å²) in [4.78, 5) is 23.7. The fourth-order valence-electron chi connectivity index (χ4n) is 2.50. The molecule has 0 saturated carbocycles. The molecule has 2 aromatic rings. The van der Waals surface area contributed by atoms with E-state index in [2.05, 4.69) is 5.32 Å². The normalized spacial score (nSPS) is 11.8. The van der Waals surface area contributed by atoms with Crippen molar-refractivity contribution in [2.45, 2.75) is 32.7 Å². The van der Waals surface area contributed by atoms with Crippen LogP contribution in [0.2, 0.25) is 0 Å². The van der Waals surface area contributed by atoms with Crippen LogP contribution < -0.4 is 11.1 Å². The van der Waals surface area contributed by atoms with Gasteiger partial charge in [-0.25, -0.2) is 8.78 Å². The van der Waals surface area contributed by atoms with Crippen molar-refractivity contribution >= 4 is 11.8 Å². The van der Waals surface area contributed by atoms with Gasteiger partial charge < -0.3 is 11.1 Å². The molecule has 0 spiro atoms. The maximum Gasteiger partial charge on any atom is 0.240 e. The average molecular weight is 346 g/mol. The largest absolute Gasteiger partial charge is 0.368 e. The molecule has 0 saturated heterocycles. The summed E-state index contributed by atoms with van der Waals surface area (Å²) in [5.41, 5.74) is 8.02. The van der Waals surface area contributed by atoms with Gasteiger partial charge in [-0.05, 0) is 42.7 Å². The molecule has 2 aromatic carbocycles. The molecule has 132 valence electrons. The minimum absolute atomic E-state index is 0.210. The minimum atomic E-state index is -0.954. The zero-order chi connectivity index (χ0) is 18.6. The van der Waals surface area contributed by atoms with Crippen molar-refractivity contribution < 1.29 is 18.4 Å². The highest BCUT2D eigenvalue weighted by Crippen LogP contribution is 2.14. The van der Waals surface area contributed by atoms with Gasteiger partial charge >= 0.3 is 0 Å². The molecule has 2 amide bonds. The molecule has 0 aliphatic rings. The number of benzene rings is 2. The summed E-state index contributed by atoms with van der Waals surface area (Å²) in [7, 11) is 0. The van der Waals surface area contributed by atoms with Crippen LogP contribution in [-0.2, 0) is 22.4 Å². The van der Waals surface area contributed by atoms with E-state index in [0.717, 1.165) is 28.8 Å². The Bertz CT molecular complexity index is 786. The fraction of sp³-hybridized carbons (Fsp3) is 0.263. The standard InChI is InChI=1S/C19H20F2N2O2/c1-11-6-7-13(8-12(11)2)9-17(19(22)25)23-18(24)10-14-15(20)4-3-5-16(14)21/h3-8,17H,9-10H2,1-2H3,(H2,22,25)(H,23,24)/t17-/m1/s1. The summed E-state index contributed by atoms with van der Waals surface area (Å²) < 4.78 is 27.2. The van der Waals surface area contributed by atoms with Gasteiger partial charge in [-0.15, -0.1) is 0 Å². The molecule has 0 aliphatic carbocycles. The highest BCUT2D eigenvalue weighted by atomic mass is 19.1. The van der Waals surface area contributed by atoms with Gasteiger partial charge in [-0.3, -0.25) is 9.59 Å². The first-order chi connectivity index (χ1) is 11.8. The van der Waals surface area contributed by atoms with E-state index in [-0.39, 0.29) is 12.0 Å². The van der Waals surface area contributed by atoms with Crippen LogP contribution in [0.3, 0.4) is 0 Å². The van der Waals surface area contributed by atoms with Gasteiger partial charge in [0.05, 0.1) is 6.42 Å².